The molecule has 0 aliphatic carbocycles. The molecule has 2 rings (SSSR count). The molecule has 7 heteroatoms. The van der Waals surface area contributed by atoms with Crippen LogP contribution in [0.4, 0.5) is 4.39 Å². The first-order valence-electron chi connectivity index (χ1n) is 6.37. The summed E-state index contributed by atoms with van der Waals surface area (Å²) >= 11 is 3.09. The molecule has 0 spiro atoms. The maximum absolute atomic E-state index is 13.4. The molecule has 0 saturated carbocycles. The minimum atomic E-state index is -0.445. The first-order valence-corrected chi connectivity index (χ1v) is 7.17. The molecule has 1 aromatic carbocycles. The monoisotopic (exact) mass is 400 g/mol. The molecule has 120 valence electrons. The molecule has 21 heavy (non-hydrogen) atoms. The third-order valence-corrected chi connectivity index (χ3v) is 4.20. The molecule has 1 heterocycles. The Hall–Kier alpha value is -0.330. The fraction of sp³-hybridized carbons (Fsp3) is 0.429. The average molecular weight is 402 g/mol. The van der Waals surface area contributed by atoms with Crippen molar-refractivity contribution in [2.75, 3.05) is 26.2 Å². The van der Waals surface area contributed by atoms with Gasteiger partial charge >= 0.3 is 0 Å². The molecule has 0 amide bonds. The summed E-state index contributed by atoms with van der Waals surface area (Å²) in [6.07, 6.45) is 2.56. The number of phenolic OH excluding ortho intramolecular Hbond substituents is 1. The molecular formula is C14H20BrCl2FN2O. The molecule has 1 aliphatic heterocycles. The fourth-order valence-electron chi connectivity index (χ4n) is 2.45. The summed E-state index contributed by atoms with van der Waals surface area (Å²) in [5, 5.41) is 13.4. The standard InChI is InChI=1S/C14H18BrFN2O.2ClH/c1-2-3-12(18-8-6-17-7-9-18)10-4-5-11(16)13(15)14(10)19;;/h2,4-5,12,17,19H,1,3,6-9H2;2*1H/t12-;;/m0../s1. The Balaban J connectivity index is 0.00000200. The number of hydrogen-bond donors (Lipinski definition) is 2. The van der Waals surface area contributed by atoms with Crippen LogP contribution in [0.3, 0.4) is 0 Å². The molecule has 1 aliphatic rings. The lowest BCUT2D eigenvalue weighted by Crippen LogP contribution is -2.45. The number of hydrogen-bond acceptors (Lipinski definition) is 3. The predicted molar refractivity (Wildman–Crippen MR) is 92.3 cm³/mol. The highest BCUT2D eigenvalue weighted by molar-refractivity contribution is 9.10. The Bertz CT molecular complexity index is 471. The van der Waals surface area contributed by atoms with E-state index in [-0.39, 0.29) is 41.1 Å². The van der Waals surface area contributed by atoms with E-state index in [9.17, 15) is 9.50 Å². The number of nitrogens with zero attached hydrogens (tertiary/aromatic N) is 1. The molecule has 1 fully saturated rings. The Morgan fingerprint density at radius 3 is 2.57 bits per heavy atom. The molecule has 0 unspecified atom stereocenters. The largest absolute Gasteiger partial charge is 0.506 e. The van der Waals surface area contributed by atoms with Crippen LogP contribution >= 0.6 is 40.7 Å². The van der Waals surface area contributed by atoms with Gasteiger partial charge in [-0.05, 0) is 28.4 Å². The Kier molecular flexibility index (Phi) is 9.49. The van der Waals surface area contributed by atoms with Crippen LogP contribution in [0, 0.1) is 5.82 Å². The van der Waals surface area contributed by atoms with Crippen LogP contribution in [-0.2, 0) is 0 Å². The summed E-state index contributed by atoms with van der Waals surface area (Å²) in [6.45, 7) is 7.45. The highest BCUT2D eigenvalue weighted by atomic mass is 79.9. The first kappa shape index (κ1) is 20.7. The Labute approximate surface area is 145 Å². The smallest absolute Gasteiger partial charge is 0.141 e. The molecule has 0 radical (unpaired) electrons. The van der Waals surface area contributed by atoms with E-state index in [1.807, 2.05) is 6.08 Å². The normalized spacial score (nSPS) is 16.5. The summed E-state index contributed by atoms with van der Waals surface area (Å²) in [5.41, 5.74) is 0.745. The topological polar surface area (TPSA) is 35.5 Å². The number of rotatable bonds is 4. The molecule has 1 aromatic rings. The lowest BCUT2D eigenvalue weighted by atomic mass is 10.00. The van der Waals surface area contributed by atoms with Crippen LogP contribution in [0.15, 0.2) is 29.3 Å². The van der Waals surface area contributed by atoms with Gasteiger partial charge in [-0.1, -0.05) is 12.1 Å². The quantitative estimate of drug-likeness (QED) is 0.755. The van der Waals surface area contributed by atoms with Gasteiger partial charge in [0.2, 0.25) is 0 Å². The van der Waals surface area contributed by atoms with Crippen molar-refractivity contribution in [3.8, 4) is 5.75 Å². The summed E-state index contributed by atoms with van der Waals surface area (Å²) in [5.74, 6) is -0.454. The van der Waals surface area contributed by atoms with E-state index < -0.39 is 5.82 Å². The van der Waals surface area contributed by atoms with Gasteiger partial charge in [0, 0.05) is 37.8 Å². The summed E-state index contributed by atoms with van der Waals surface area (Å²) in [4.78, 5) is 2.29. The second-order valence-electron chi connectivity index (χ2n) is 4.63. The van der Waals surface area contributed by atoms with Crippen LogP contribution in [0.5, 0.6) is 5.75 Å². The van der Waals surface area contributed by atoms with Gasteiger partial charge in [0.05, 0.1) is 4.47 Å². The third kappa shape index (κ3) is 4.83. The number of piperazine rings is 1. The molecular weight excluding hydrogens is 382 g/mol. The van der Waals surface area contributed by atoms with E-state index in [0.29, 0.717) is 0 Å². The fourth-order valence-corrected chi connectivity index (χ4v) is 2.81. The van der Waals surface area contributed by atoms with Gasteiger partial charge in [0.15, 0.2) is 0 Å². The van der Waals surface area contributed by atoms with E-state index in [0.717, 1.165) is 38.2 Å². The molecule has 1 atom stereocenters. The van der Waals surface area contributed by atoms with Crippen molar-refractivity contribution in [3.63, 3.8) is 0 Å². The van der Waals surface area contributed by atoms with Crippen molar-refractivity contribution in [1.82, 2.24) is 10.2 Å². The van der Waals surface area contributed by atoms with Gasteiger partial charge in [-0.25, -0.2) is 4.39 Å². The number of benzene rings is 1. The number of aromatic hydroxyl groups is 1. The van der Waals surface area contributed by atoms with E-state index in [1.165, 1.54) is 6.07 Å². The van der Waals surface area contributed by atoms with Crippen LogP contribution in [0.25, 0.3) is 0 Å². The minimum absolute atomic E-state index is 0. The zero-order chi connectivity index (χ0) is 13.8. The lowest BCUT2D eigenvalue weighted by Gasteiger charge is -2.35. The van der Waals surface area contributed by atoms with Crippen molar-refractivity contribution >= 4 is 40.7 Å². The molecule has 0 bridgehead atoms. The first-order chi connectivity index (χ1) is 9.15. The van der Waals surface area contributed by atoms with E-state index >= 15 is 0 Å². The van der Waals surface area contributed by atoms with Crippen molar-refractivity contribution in [3.05, 3.63) is 40.6 Å². The van der Waals surface area contributed by atoms with Crippen molar-refractivity contribution < 1.29 is 9.50 Å². The van der Waals surface area contributed by atoms with Crippen LogP contribution in [0.1, 0.15) is 18.0 Å². The van der Waals surface area contributed by atoms with Gasteiger partial charge in [-0.2, -0.15) is 0 Å². The molecule has 0 aromatic heterocycles. The summed E-state index contributed by atoms with van der Waals surface area (Å²) in [6, 6.07) is 3.08. The highest BCUT2D eigenvalue weighted by Gasteiger charge is 2.25. The minimum Gasteiger partial charge on any atom is -0.506 e. The van der Waals surface area contributed by atoms with Crippen LogP contribution < -0.4 is 5.32 Å². The van der Waals surface area contributed by atoms with E-state index in [2.05, 4.69) is 32.7 Å². The van der Waals surface area contributed by atoms with Gasteiger partial charge < -0.3 is 10.4 Å². The van der Waals surface area contributed by atoms with E-state index in [4.69, 9.17) is 0 Å². The molecule has 3 nitrogen and oxygen atoms in total. The zero-order valence-electron chi connectivity index (χ0n) is 11.5. The number of phenols is 1. The molecule has 1 saturated heterocycles. The SMILES string of the molecule is C=CC[C@@H](c1ccc(F)c(Br)c1O)N1CCNCC1.Cl.Cl. The second kappa shape index (κ2) is 9.64. The maximum atomic E-state index is 13.4. The van der Waals surface area contributed by atoms with Crippen molar-refractivity contribution in [2.24, 2.45) is 0 Å². The summed E-state index contributed by atoms with van der Waals surface area (Å²) in [7, 11) is 0. The predicted octanol–water partition coefficient (Wildman–Crippen LogP) is 3.66. The third-order valence-electron chi connectivity index (χ3n) is 3.44. The summed E-state index contributed by atoms with van der Waals surface area (Å²) < 4.78 is 13.5. The number of halogens is 4. The van der Waals surface area contributed by atoms with E-state index in [1.54, 1.807) is 6.07 Å². The van der Waals surface area contributed by atoms with Gasteiger partial charge in [0.1, 0.15) is 11.6 Å². The Morgan fingerprint density at radius 1 is 1.38 bits per heavy atom. The van der Waals surface area contributed by atoms with Gasteiger partial charge in [-0.3, -0.25) is 4.90 Å². The average Bonchev–Trinajstić information content (AvgIpc) is 2.44. The molecule has 2 N–H and O–H groups in total. The van der Waals surface area contributed by atoms with Crippen LogP contribution in [0.2, 0.25) is 0 Å². The number of nitrogens with one attached hydrogen (secondary N) is 1. The highest BCUT2D eigenvalue weighted by Crippen LogP contribution is 2.37. The second-order valence-corrected chi connectivity index (χ2v) is 5.42. The maximum Gasteiger partial charge on any atom is 0.141 e. The van der Waals surface area contributed by atoms with Gasteiger partial charge in [0.25, 0.3) is 0 Å². The lowest BCUT2D eigenvalue weighted by molar-refractivity contribution is 0.171. The van der Waals surface area contributed by atoms with Gasteiger partial charge in [-0.15, -0.1) is 31.4 Å². The van der Waals surface area contributed by atoms with Crippen molar-refractivity contribution in [1.29, 1.82) is 0 Å². The zero-order valence-corrected chi connectivity index (χ0v) is 14.7. The Morgan fingerprint density at radius 2 is 2.00 bits per heavy atom. The van der Waals surface area contributed by atoms with Crippen LogP contribution in [-0.4, -0.2) is 36.2 Å². The van der Waals surface area contributed by atoms with Crippen molar-refractivity contribution in [2.45, 2.75) is 12.5 Å².